The molecule has 1 aromatic rings. The van der Waals surface area contributed by atoms with Crippen molar-refractivity contribution in [2.45, 2.75) is 32.6 Å². The number of phenolic OH excluding ortho intramolecular Hbond substituents is 2. The van der Waals surface area contributed by atoms with Gasteiger partial charge in [-0.3, -0.25) is 4.79 Å². The molecule has 0 saturated heterocycles. The van der Waals surface area contributed by atoms with Gasteiger partial charge in [0.15, 0.2) is 5.78 Å². The zero-order valence-corrected chi connectivity index (χ0v) is 11.3. The van der Waals surface area contributed by atoms with E-state index in [1.54, 1.807) is 0 Å². The Labute approximate surface area is 113 Å². The minimum absolute atomic E-state index is 0.0275. The predicted molar refractivity (Wildman–Crippen MR) is 73.9 cm³/mol. The largest absolute Gasteiger partial charge is 0.507 e. The molecule has 2 N–H and O–H groups in total. The fourth-order valence-electron chi connectivity index (χ4n) is 1.78. The van der Waals surface area contributed by atoms with Gasteiger partial charge in [0.05, 0.1) is 7.11 Å². The van der Waals surface area contributed by atoms with Crippen molar-refractivity contribution in [2.75, 3.05) is 7.11 Å². The second-order valence-electron chi connectivity index (χ2n) is 4.24. The van der Waals surface area contributed by atoms with E-state index in [1.165, 1.54) is 19.2 Å². The minimum atomic E-state index is -0.262. The Morgan fingerprint density at radius 1 is 1.26 bits per heavy atom. The van der Waals surface area contributed by atoms with Crippen LogP contribution in [0.2, 0.25) is 0 Å². The van der Waals surface area contributed by atoms with Crippen LogP contribution in [0.25, 0.3) is 0 Å². The van der Waals surface area contributed by atoms with Gasteiger partial charge in [-0.1, -0.05) is 19.1 Å². The van der Waals surface area contributed by atoms with Crippen LogP contribution in [-0.2, 0) is 0 Å². The Morgan fingerprint density at radius 2 is 1.89 bits per heavy atom. The SMILES string of the molecule is CCC=CCCCC(=O)c1c(O)cc(OC)cc1O. The van der Waals surface area contributed by atoms with Crippen molar-refractivity contribution in [3.05, 3.63) is 29.8 Å². The second kappa shape index (κ2) is 7.46. The van der Waals surface area contributed by atoms with Gasteiger partial charge in [-0.2, -0.15) is 0 Å². The molecule has 19 heavy (non-hydrogen) atoms. The Kier molecular flexibility index (Phi) is 5.93. The Bertz CT molecular complexity index is 440. The number of benzene rings is 1. The van der Waals surface area contributed by atoms with Gasteiger partial charge in [0.1, 0.15) is 22.8 Å². The molecule has 0 spiro atoms. The van der Waals surface area contributed by atoms with Crippen LogP contribution in [0.5, 0.6) is 17.2 Å². The van der Waals surface area contributed by atoms with E-state index in [0.29, 0.717) is 18.6 Å². The molecule has 0 unspecified atom stereocenters. The normalized spacial score (nSPS) is 10.8. The standard InChI is InChI=1S/C15H20O4/c1-3-4-5-6-7-8-12(16)15-13(17)9-11(19-2)10-14(15)18/h4-5,9-10,17-18H,3,6-8H2,1-2H3. The lowest BCUT2D eigenvalue weighted by molar-refractivity contribution is 0.0975. The summed E-state index contributed by atoms with van der Waals surface area (Å²) in [5, 5.41) is 19.5. The van der Waals surface area contributed by atoms with E-state index in [2.05, 4.69) is 6.92 Å². The first-order chi connectivity index (χ1) is 9.10. The summed E-state index contributed by atoms with van der Waals surface area (Å²) in [5.74, 6) is -0.433. The smallest absolute Gasteiger partial charge is 0.170 e. The molecular formula is C15H20O4. The maximum absolute atomic E-state index is 11.9. The summed E-state index contributed by atoms with van der Waals surface area (Å²) in [6.45, 7) is 2.05. The molecule has 0 amide bonds. The van der Waals surface area contributed by atoms with Crippen LogP contribution in [0.1, 0.15) is 43.0 Å². The second-order valence-corrected chi connectivity index (χ2v) is 4.24. The molecule has 0 heterocycles. The van der Waals surface area contributed by atoms with Gasteiger partial charge in [-0.05, 0) is 19.3 Å². The first kappa shape index (κ1) is 15.1. The zero-order valence-electron chi connectivity index (χ0n) is 11.3. The lowest BCUT2D eigenvalue weighted by Gasteiger charge is -2.08. The van der Waals surface area contributed by atoms with Gasteiger partial charge in [-0.25, -0.2) is 0 Å². The molecule has 0 fully saturated rings. The van der Waals surface area contributed by atoms with E-state index in [4.69, 9.17) is 4.74 Å². The topological polar surface area (TPSA) is 66.8 Å². The van der Waals surface area contributed by atoms with Gasteiger partial charge < -0.3 is 14.9 Å². The molecule has 0 bridgehead atoms. The predicted octanol–water partition coefficient (Wildman–Crippen LogP) is 3.43. The molecule has 4 heteroatoms. The molecule has 0 aliphatic carbocycles. The monoisotopic (exact) mass is 264 g/mol. The summed E-state index contributed by atoms with van der Waals surface area (Å²) in [7, 11) is 1.43. The minimum Gasteiger partial charge on any atom is -0.507 e. The molecule has 0 saturated carbocycles. The van der Waals surface area contributed by atoms with Gasteiger partial charge in [-0.15, -0.1) is 0 Å². The molecule has 1 rings (SSSR count). The van der Waals surface area contributed by atoms with Crippen LogP contribution in [0.3, 0.4) is 0 Å². The van der Waals surface area contributed by atoms with Crippen LogP contribution in [0.4, 0.5) is 0 Å². The number of phenols is 2. The molecule has 0 aromatic heterocycles. The van der Waals surface area contributed by atoms with Gasteiger partial charge in [0.25, 0.3) is 0 Å². The average molecular weight is 264 g/mol. The van der Waals surface area contributed by atoms with Crippen LogP contribution < -0.4 is 4.74 Å². The number of rotatable bonds is 7. The Balaban J connectivity index is 2.69. The lowest BCUT2D eigenvalue weighted by Crippen LogP contribution is -2.00. The van der Waals surface area contributed by atoms with Crippen LogP contribution in [-0.4, -0.2) is 23.1 Å². The van der Waals surface area contributed by atoms with E-state index >= 15 is 0 Å². The molecule has 1 aromatic carbocycles. The number of unbranched alkanes of at least 4 members (excludes halogenated alkanes) is 1. The highest BCUT2D eigenvalue weighted by Crippen LogP contribution is 2.33. The summed E-state index contributed by atoms with van der Waals surface area (Å²) in [4.78, 5) is 11.9. The van der Waals surface area contributed by atoms with E-state index in [-0.39, 0.29) is 22.8 Å². The number of hydrogen-bond donors (Lipinski definition) is 2. The summed E-state index contributed by atoms with van der Waals surface area (Å²) in [6.07, 6.45) is 6.86. The van der Waals surface area contributed by atoms with Crippen molar-refractivity contribution in [1.29, 1.82) is 0 Å². The fraction of sp³-hybridized carbons (Fsp3) is 0.400. The van der Waals surface area contributed by atoms with Crippen molar-refractivity contribution < 1.29 is 19.7 Å². The summed E-state index contributed by atoms with van der Waals surface area (Å²) in [6, 6.07) is 2.65. The average Bonchev–Trinajstić information content (AvgIpc) is 2.37. The highest BCUT2D eigenvalue weighted by Gasteiger charge is 2.17. The maximum atomic E-state index is 11.9. The van der Waals surface area contributed by atoms with Crippen LogP contribution >= 0.6 is 0 Å². The fourth-order valence-corrected chi connectivity index (χ4v) is 1.78. The maximum Gasteiger partial charge on any atom is 0.170 e. The number of methoxy groups -OCH3 is 1. The number of carbonyl (C=O) groups is 1. The van der Waals surface area contributed by atoms with Crippen LogP contribution in [0, 0.1) is 0 Å². The molecule has 0 radical (unpaired) electrons. The zero-order chi connectivity index (χ0) is 14.3. The third kappa shape index (κ3) is 4.32. The summed E-state index contributed by atoms with van der Waals surface area (Å²) in [5.41, 5.74) is -0.0275. The van der Waals surface area contributed by atoms with Gasteiger partial charge >= 0.3 is 0 Å². The molecule has 0 atom stereocenters. The first-order valence-corrected chi connectivity index (χ1v) is 6.38. The van der Waals surface area contributed by atoms with Crippen molar-refractivity contribution in [2.24, 2.45) is 0 Å². The number of aromatic hydroxyl groups is 2. The van der Waals surface area contributed by atoms with Crippen molar-refractivity contribution in [3.63, 3.8) is 0 Å². The summed E-state index contributed by atoms with van der Waals surface area (Å²) < 4.78 is 4.90. The van der Waals surface area contributed by atoms with Crippen molar-refractivity contribution in [1.82, 2.24) is 0 Å². The highest BCUT2D eigenvalue weighted by molar-refractivity contribution is 6.01. The van der Waals surface area contributed by atoms with Gasteiger partial charge in [0.2, 0.25) is 0 Å². The van der Waals surface area contributed by atoms with E-state index in [9.17, 15) is 15.0 Å². The molecule has 4 nitrogen and oxygen atoms in total. The lowest BCUT2D eigenvalue weighted by atomic mass is 10.0. The summed E-state index contributed by atoms with van der Waals surface area (Å²) >= 11 is 0. The van der Waals surface area contributed by atoms with E-state index in [0.717, 1.165) is 12.8 Å². The number of ether oxygens (including phenoxy) is 1. The van der Waals surface area contributed by atoms with E-state index in [1.807, 2.05) is 12.2 Å². The quantitative estimate of drug-likeness (QED) is 0.450. The third-order valence-corrected chi connectivity index (χ3v) is 2.76. The first-order valence-electron chi connectivity index (χ1n) is 6.38. The number of ketones is 1. The Morgan fingerprint density at radius 3 is 2.42 bits per heavy atom. The number of Topliss-reactive ketones (excluding diaryl/α,β-unsaturated/α-hetero) is 1. The molecule has 0 aliphatic rings. The number of allylic oxidation sites excluding steroid dienone is 2. The Hall–Kier alpha value is -1.97. The third-order valence-electron chi connectivity index (χ3n) is 2.76. The van der Waals surface area contributed by atoms with Crippen LogP contribution in [0.15, 0.2) is 24.3 Å². The van der Waals surface area contributed by atoms with Crippen molar-refractivity contribution in [3.8, 4) is 17.2 Å². The molecular weight excluding hydrogens is 244 g/mol. The number of carbonyl (C=O) groups excluding carboxylic acids is 1. The number of hydrogen-bond acceptors (Lipinski definition) is 4. The molecule has 0 aliphatic heterocycles. The highest BCUT2D eigenvalue weighted by atomic mass is 16.5. The van der Waals surface area contributed by atoms with E-state index < -0.39 is 0 Å². The van der Waals surface area contributed by atoms with Gasteiger partial charge in [0, 0.05) is 18.6 Å². The molecule has 104 valence electrons. The van der Waals surface area contributed by atoms with Crippen molar-refractivity contribution >= 4 is 5.78 Å².